The molecule has 0 radical (unpaired) electrons. The third kappa shape index (κ3) is 3.25. The second kappa shape index (κ2) is 7.24. The Morgan fingerprint density at radius 2 is 2.00 bits per heavy atom. The second-order valence-corrected chi connectivity index (χ2v) is 5.96. The van der Waals surface area contributed by atoms with E-state index in [-0.39, 0.29) is 25.5 Å². The van der Waals surface area contributed by atoms with Gasteiger partial charge in [-0.2, -0.15) is 13.9 Å². The maximum absolute atomic E-state index is 12.8. The van der Waals surface area contributed by atoms with Gasteiger partial charge in [0.2, 0.25) is 6.79 Å². The zero-order valence-electron chi connectivity index (χ0n) is 14.5. The van der Waals surface area contributed by atoms with Crippen molar-refractivity contribution >= 4 is 0 Å². The van der Waals surface area contributed by atoms with E-state index in [9.17, 15) is 13.6 Å². The molecule has 144 valence electrons. The van der Waals surface area contributed by atoms with E-state index < -0.39 is 11.8 Å². The van der Waals surface area contributed by atoms with Gasteiger partial charge < -0.3 is 15.2 Å². The van der Waals surface area contributed by atoms with E-state index in [0.29, 0.717) is 23.0 Å². The first kappa shape index (κ1) is 17.9. The fourth-order valence-corrected chi connectivity index (χ4v) is 2.76. The van der Waals surface area contributed by atoms with Gasteiger partial charge in [-0.1, -0.05) is 6.07 Å². The highest BCUT2D eigenvalue weighted by atomic mass is 19.3. The average Bonchev–Trinajstić information content (AvgIpc) is 3.32. The molecule has 2 N–H and O–H groups in total. The first-order chi connectivity index (χ1) is 13.6. The fraction of sp³-hybridized carbons (Fsp3) is 0.167. The van der Waals surface area contributed by atoms with Gasteiger partial charge in [0.1, 0.15) is 12.1 Å². The monoisotopic (exact) mass is 387 g/mol. The van der Waals surface area contributed by atoms with E-state index in [4.69, 9.17) is 15.2 Å². The fourth-order valence-electron chi connectivity index (χ4n) is 2.76. The summed E-state index contributed by atoms with van der Waals surface area (Å²) >= 11 is 0. The summed E-state index contributed by atoms with van der Waals surface area (Å²) < 4.78 is 38.4. The Hall–Kier alpha value is -3.53. The molecule has 1 aromatic carbocycles. The molecular formula is C18H15F2N5O3. The Kier molecular flexibility index (Phi) is 4.62. The third-order valence-electron chi connectivity index (χ3n) is 4.24. The lowest BCUT2D eigenvalue weighted by Crippen LogP contribution is -2.26. The molecule has 0 amide bonds. The van der Waals surface area contributed by atoms with Crippen molar-refractivity contribution in [1.82, 2.24) is 19.3 Å². The van der Waals surface area contributed by atoms with Crippen molar-refractivity contribution in [2.45, 2.75) is 6.54 Å². The number of nitrogens with two attached hydrogens (primary N) is 1. The van der Waals surface area contributed by atoms with Crippen LogP contribution >= 0.6 is 0 Å². The summed E-state index contributed by atoms with van der Waals surface area (Å²) in [6, 6.07) is 10.5. The SMILES string of the molecule is NCC(Cn1ncn(-c2cccc(-c3ccc4c(c3)OCO4)n2)c1=O)=C(F)F. The molecule has 3 aromatic rings. The largest absolute Gasteiger partial charge is 0.454 e. The van der Waals surface area contributed by atoms with E-state index in [1.165, 1.54) is 10.9 Å². The zero-order chi connectivity index (χ0) is 19.7. The number of fused-ring (bicyclic) bond motifs is 1. The third-order valence-corrected chi connectivity index (χ3v) is 4.24. The van der Waals surface area contributed by atoms with Gasteiger partial charge in [-0.05, 0) is 30.3 Å². The number of aromatic nitrogens is 4. The highest BCUT2D eigenvalue weighted by molar-refractivity contribution is 5.65. The zero-order valence-corrected chi connectivity index (χ0v) is 14.5. The Balaban J connectivity index is 1.67. The predicted molar refractivity (Wildman–Crippen MR) is 95.5 cm³/mol. The molecule has 0 bridgehead atoms. The first-order valence-corrected chi connectivity index (χ1v) is 8.32. The minimum absolute atomic E-state index is 0.166. The van der Waals surface area contributed by atoms with Crippen molar-refractivity contribution in [3.05, 3.63) is 64.9 Å². The van der Waals surface area contributed by atoms with Crippen LogP contribution in [0.2, 0.25) is 0 Å². The number of benzene rings is 1. The van der Waals surface area contributed by atoms with E-state index in [0.717, 1.165) is 10.2 Å². The molecule has 3 heterocycles. The molecule has 1 aliphatic heterocycles. The highest BCUT2D eigenvalue weighted by Crippen LogP contribution is 2.35. The molecule has 10 heteroatoms. The molecule has 0 atom stereocenters. The van der Waals surface area contributed by atoms with Crippen LogP contribution in [0.15, 0.2) is 59.2 Å². The second-order valence-electron chi connectivity index (χ2n) is 5.96. The lowest BCUT2D eigenvalue weighted by molar-refractivity contribution is 0.174. The topological polar surface area (TPSA) is 97.2 Å². The van der Waals surface area contributed by atoms with Crippen LogP contribution in [0.1, 0.15) is 0 Å². The van der Waals surface area contributed by atoms with Crippen molar-refractivity contribution in [2.75, 3.05) is 13.3 Å². The molecule has 28 heavy (non-hydrogen) atoms. The summed E-state index contributed by atoms with van der Waals surface area (Å²) in [5, 5.41) is 3.88. The minimum Gasteiger partial charge on any atom is -0.454 e. The maximum Gasteiger partial charge on any atom is 0.351 e. The van der Waals surface area contributed by atoms with Crippen LogP contribution in [0.4, 0.5) is 8.78 Å². The Morgan fingerprint density at radius 3 is 2.79 bits per heavy atom. The Morgan fingerprint density at radius 1 is 1.18 bits per heavy atom. The van der Waals surface area contributed by atoms with Crippen molar-refractivity contribution in [3.63, 3.8) is 0 Å². The standard InChI is InChI=1S/C18H15F2N5O3/c19-17(20)12(7-21)8-25-18(26)24(9-22-25)16-3-1-2-13(23-16)11-4-5-14-15(6-11)28-10-27-14/h1-6,9H,7-8,10,21H2. The van der Waals surface area contributed by atoms with Crippen LogP contribution in [0.5, 0.6) is 11.5 Å². The van der Waals surface area contributed by atoms with E-state index >= 15 is 0 Å². The number of rotatable bonds is 5. The molecule has 1 aliphatic rings. The molecule has 0 fully saturated rings. The van der Waals surface area contributed by atoms with Gasteiger partial charge in [-0.25, -0.2) is 19.0 Å². The summed E-state index contributed by atoms with van der Waals surface area (Å²) in [6.07, 6.45) is -0.676. The van der Waals surface area contributed by atoms with Crippen LogP contribution in [0.25, 0.3) is 17.1 Å². The summed E-state index contributed by atoms with van der Waals surface area (Å²) in [5.74, 6) is 1.58. The molecule has 0 saturated heterocycles. The number of hydrogen-bond donors (Lipinski definition) is 1. The quantitative estimate of drug-likeness (QED) is 0.719. The van der Waals surface area contributed by atoms with Crippen molar-refractivity contribution in [1.29, 1.82) is 0 Å². The van der Waals surface area contributed by atoms with Crippen LogP contribution in [0.3, 0.4) is 0 Å². The molecule has 8 nitrogen and oxygen atoms in total. The molecular weight excluding hydrogens is 372 g/mol. The number of pyridine rings is 1. The van der Waals surface area contributed by atoms with E-state index in [2.05, 4.69) is 10.1 Å². The molecule has 0 aliphatic carbocycles. The van der Waals surface area contributed by atoms with E-state index in [1.54, 1.807) is 30.3 Å². The number of hydrogen-bond acceptors (Lipinski definition) is 6. The molecule has 2 aromatic heterocycles. The van der Waals surface area contributed by atoms with Gasteiger partial charge >= 0.3 is 5.69 Å². The average molecular weight is 387 g/mol. The van der Waals surface area contributed by atoms with Gasteiger partial charge in [0.05, 0.1) is 12.2 Å². The van der Waals surface area contributed by atoms with Crippen molar-refractivity contribution < 1.29 is 18.3 Å². The summed E-state index contributed by atoms with van der Waals surface area (Å²) in [7, 11) is 0. The van der Waals surface area contributed by atoms with Gasteiger partial charge in [0.15, 0.2) is 11.5 Å². The number of nitrogens with zero attached hydrogens (tertiary/aromatic N) is 4. The van der Waals surface area contributed by atoms with Crippen LogP contribution < -0.4 is 20.9 Å². The summed E-state index contributed by atoms with van der Waals surface area (Å²) in [4.78, 5) is 17.0. The number of halogens is 2. The van der Waals surface area contributed by atoms with Crippen molar-refractivity contribution in [2.24, 2.45) is 5.73 Å². The first-order valence-electron chi connectivity index (χ1n) is 8.32. The lowest BCUT2D eigenvalue weighted by atomic mass is 10.1. The minimum atomic E-state index is -1.91. The van der Waals surface area contributed by atoms with Gasteiger partial charge in [0.25, 0.3) is 6.08 Å². The van der Waals surface area contributed by atoms with Crippen LogP contribution in [0, 0.1) is 0 Å². The summed E-state index contributed by atoms with van der Waals surface area (Å²) in [6.45, 7) is -0.578. The van der Waals surface area contributed by atoms with Crippen molar-refractivity contribution in [3.8, 4) is 28.6 Å². The molecule has 0 unspecified atom stereocenters. The normalized spacial score (nSPS) is 12.2. The molecule has 0 spiro atoms. The van der Waals surface area contributed by atoms with Gasteiger partial charge in [0, 0.05) is 17.7 Å². The predicted octanol–water partition coefficient (Wildman–Crippen LogP) is 1.93. The van der Waals surface area contributed by atoms with Crippen LogP contribution in [-0.2, 0) is 6.54 Å². The number of ether oxygens (including phenoxy) is 2. The Labute approximate surface area is 157 Å². The molecule has 4 rings (SSSR count). The van der Waals surface area contributed by atoms with Gasteiger partial charge in [-0.15, -0.1) is 0 Å². The maximum atomic E-state index is 12.8. The lowest BCUT2D eigenvalue weighted by Gasteiger charge is -2.06. The smallest absolute Gasteiger partial charge is 0.351 e. The highest BCUT2D eigenvalue weighted by Gasteiger charge is 2.16. The van der Waals surface area contributed by atoms with Crippen LogP contribution in [-0.4, -0.2) is 32.7 Å². The molecule has 0 saturated carbocycles. The van der Waals surface area contributed by atoms with E-state index in [1.807, 2.05) is 6.07 Å². The van der Waals surface area contributed by atoms with Gasteiger partial charge in [-0.3, -0.25) is 0 Å². The summed E-state index contributed by atoms with van der Waals surface area (Å²) in [5.41, 5.74) is 5.73. The Bertz CT molecular complexity index is 1120.